The fraction of sp³-hybridized carbons (Fsp3) is 0.259. The van der Waals surface area contributed by atoms with Crippen LogP contribution in [0.15, 0.2) is 77.7 Å². The van der Waals surface area contributed by atoms with Gasteiger partial charge in [0.15, 0.2) is 0 Å². The molecule has 2 aliphatic rings. The van der Waals surface area contributed by atoms with Gasteiger partial charge in [0.2, 0.25) is 0 Å². The van der Waals surface area contributed by atoms with E-state index in [1.807, 2.05) is 56.3 Å². The Morgan fingerprint density at radius 3 is 2.42 bits per heavy atom. The normalized spacial score (nSPS) is 21.1. The van der Waals surface area contributed by atoms with Gasteiger partial charge in [-0.3, -0.25) is 4.72 Å². The quantitative estimate of drug-likeness (QED) is 0.463. The molecule has 0 radical (unpaired) electrons. The number of fused-ring (bicyclic) bond motifs is 3. The minimum absolute atomic E-state index is 0.151. The van der Waals surface area contributed by atoms with Crippen molar-refractivity contribution in [2.24, 2.45) is 5.92 Å². The number of para-hydroxylation sites is 1. The Hall–Kier alpha value is -3.25. The van der Waals surface area contributed by atoms with Crippen molar-refractivity contribution in [1.82, 2.24) is 0 Å². The number of rotatable bonds is 5. The second-order valence-corrected chi connectivity index (χ2v) is 10.6. The van der Waals surface area contributed by atoms with E-state index in [1.165, 1.54) is 5.56 Å². The lowest BCUT2D eigenvalue weighted by molar-refractivity contribution is 0.411. The molecule has 0 aromatic heterocycles. The zero-order valence-electron chi connectivity index (χ0n) is 19.0. The van der Waals surface area contributed by atoms with Crippen LogP contribution in [0, 0.1) is 19.8 Å². The first-order valence-corrected chi connectivity index (χ1v) is 12.7. The number of aryl methyl sites for hydroxylation is 2. The second kappa shape index (κ2) is 8.27. The molecule has 1 heterocycles. The SMILES string of the molecule is COc1ccc([C@H]2Nc3ccc(S(=O)(=O)Nc4c(C)cccc4C)cc3[C@H]3C=CC[C@H]32)cc1. The second-order valence-electron chi connectivity index (χ2n) is 8.87. The molecule has 33 heavy (non-hydrogen) atoms. The van der Waals surface area contributed by atoms with Gasteiger partial charge < -0.3 is 10.1 Å². The maximum atomic E-state index is 13.3. The third-order valence-corrected chi connectivity index (χ3v) is 8.18. The van der Waals surface area contributed by atoms with Crippen LogP contribution in [0.1, 0.15) is 40.6 Å². The van der Waals surface area contributed by atoms with Crippen molar-refractivity contribution >= 4 is 21.4 Å². The fourth-order valence-electron chi connectivity index (χ4n) is 5.05. The van der Waals surface area contributed by atoms with Crippen molar-refractivity contribution in [2.75, 3.05) is 17.1 Å². The van der Waals surface area contributed by atoms with Crippen LogP contribution in [0.4, 0.5) is 11.4 Å². The molecule has 5 rings (SSSR count). The Kier molecular flexibility index (Phi) is 5.41. The van der Waals surface area contributed by atoms with Crippen LogP contribution in [0.25, 0.3) is 0 Å². The largest absolute Gasteiger partial charge is 0.497 e. The summed E-state index contributed by atoms with van der Waals surface area (Å²) >= 11 is 0. The molecule has 0 bridgehead atoms. The molecule has 0 saturated heterocycles. The fourth-order valence-corrected chi connectivity index (χ4v) is 6.29. The molecule has 170 valence electrons. The minimum Gasteiger partial charge on any atom is -0.497 e. The number of nitrogens with one attached hydrogen (secondary N) is 2. The highest BCUT2D eigenvalue weighted by molar-refractivity contribution is 7.92. The van der Waals surface area contributed by atoms with Crippen molar-refractivity contribution in [3.63, 3.8) is 0 Å². The smallest absolute Gasteiger partial charge is 0.261 e. The average molecular weight is 461 g/mol. The van der Waals surface area contributed by atoms with Gasteiger partial charge >= 0.3 is 0 Å². The molecule has 2 N–H and O–H groups in total. The highest BCUT2D eigenvalue weighted by Gasteiger charge is 2.38. The zero-order valence-corrected chi connectivity index (χ0v) is 19.8. The van der Waals surface area contributed by atoms with Crippen molar-refractivity contribution in [3.8, 4) is 5.75 Å². The first-order valence-electron chi connectivity index (χ1n) is 11.2. The van der Waals surface area contributed by atoms with Crippen molar-refractivity contribution in [3.05, 3.63) is 95.1 Å². The molecule has 3 aromatic rings. The summed E-state index contributed by atoms with van der Waals surface area (Å²) in [5.74, 6) is 1.33. The van der Waals surface area contributed by atoms with Crippen LogP contribution in [-0.4, -0.2) is 15.5 Å². The predicted octanol–water partition coefficient (Wildman–Crippen LogP) is 5.94. The minimum atomic E-state index is -3.71. The number of ether oxygens (including phenoxy) is 1. The Balaban J connectivity index is 1.49. The van der Waals surface area contributed by atoms with E-state index in [1.54, 1.807) is 13.2 Å². The number of hydrogen-bond donors (Lipinski definition) is 2. The van der Waals surface area contributed by atoms with Gasteiger partial charge in [-0.1, -0.05) is 42.5 Å². The predicted molar refractivity (Wildman–Crippen MR) is 133 cm³/mol. The van der Waals surface area contributed by atoms with Crippen molar-refractivity contribution < 1.29 is 13.2 Å². The summed E-state index contributed by atoms with van der Waals surface area (Å²) in [6.07, 6.45) is 5.38. The maximum Gasteiger partial charge on any atom is 0.261 e. The van der Waals surface area contributed by atoms with E-state index < -0.39 is 10.0 Å². The Morgan fingerprint density at radius 1 is 1.00 bits per heavy atom. The third kappa shape index (κ3) is 3.89. The molecule has 0 unspecified atom stereocenters. The van der Waals surface area contributed by atoms with Gasteiger partial charge in [0, 0.05) is 11.6 Å². The van der Waals surface area contributed by atoms with Gasteiger partial charge in [0.05, 0.1) is 23.7 Å². The average Bonchev–Trinajstić information content (AvgIpc) is 3.31. The monoisotopic (exact) mass is 460 g/mol. The van der Waals surface area contributed by atoms with Gasteiger partial charge in [0.25, 0.3) is 10.0 Å². The van der Waals surface area contributed by atoms with Crippen molar-refractivity contribution in [2.45, 2.75) is 37.1 Å². The topological polar surface area (TPSA) is 67.4 Å². The summed E-state index contributed by atoms with van der Waals surface area (Å²) in [6.45, 7) is 3.82. The Morgan fingerprint density at radius 2 is 1.73 bits per heavy atom. The van der Waals surface area contributed by atoms with Crippen LogP contribution in [-0.2, 0) is 10.0 Å². The van der Waals surface area contributed by atoms with E-state index in [2.05, 4.69) is 34.3 Å². The van der Waals surface area contributed by atoms with Crippen LogP contribution < -0.4 is 14.8 Å². The molecule has 0 saturated carbocycles. The zero-order chi connectivity index (χ0) is 23.2. The summed E-state index contributed by atoms with van der Waals surface area (Å²) in [7, 11) is -2.04. The van der Waals surface area contributed by atoms with Crippen LogP contribution in [0.2, 0.25) is 0 Å². The molecule has 0 amide bonds. The van der Waals surface area contributed by atoms with Crippen LogP contribution in [0.3, 0.4) is 0 Å². The first-order chi connectivity index (χ1) is 15.9. The molecule has 1 aliphatic heterocycles. The Labute approximate surface area is 195 Å². The lowest BCUT2D eigenvalue weighted by Crippen LogP contribution is -2.29. The maximum absolute atomic E-state index is 13.3. The van der Waals surface area contributed by atoms with E-state index in [-0.39, 0.29) is 16.9 Å². The molecule has 0 fully saturated rings. The van der Waals surface area contributed by atoms with Gasteiger partial charge in [-0.2, -0.15) is 0 Å². The van der Waals surface area contributed by atoms with Gasteiger partial charge in [-0.25, -0.2) is 8.42 Å². The highest BCUT2D eigenvalue weighted by Crippen LogP contribution is 2.50. The molecule has 1 aliphatic carbocycles. The molecular formula is C27H28N2O3S. The summed E-state index contributed by atoms with van der Waals surface area (Å²) in [5, 5.41) is 3.67. The van der Waals surface area contributed by atoms with E-state index >= 15 is 0 Å². The number of hydrogen-bond acceptors (Lipinski definition) is 4. The molecular weight excluding hydrogens is 432 g/mol. The van der Waals surface area contributed by atoms with E-state index in [9.17, 15) is 8.42 Å². The molecule has 3 aromatic carbocycles. The van der Waals surface area contributed by atoms with E-state index in [0.717, 1.165) is 34.5 Å². The summed E-state index contributed by atoms with van der Waals surface area (Å²) in [6, 6.07) is 19.5. The Bertz CT molecular complexity index is 1310. The number of anilines is 2. The van der Waals surface area contributed by atoms with E-state index in [0.29, 0.717) is 11.6 Å². The van der Waals surface area contributed by atoms with Gasteiger partial charge in [0.1, 0.15) is 5.75 Å². The lowest BCUT2D eigenvalue weighted by Gasteiger charge is -2.37. The molecule has 3 atom stereocenters. The summed E-state index contributed by atoms with van der Waals surface area (Å²) in [4.78, 5) is 0.285. The lowest BCUT2D eigenvalue weighted by atomic mass is 9.77. The standard InChI is InChI=1S/C27H28N2O3S/c1-17-6-4-7-18(2)26(17)29-33(30,31)21-14-15-25-24(16-21)22-8-5-9-23(22)27(28-25)19-10-12-20(32-3)13-11-19/h4-8,10-16,22-23,27-29H,9H2,1-3H3/t22-,23+,27+/m0/s1. The van der Waals surface area contributed by atoms with Gasteiger partial charge in [-0.05, 0) is 78.8 Å². The number of allylic oxidation sites excluding steroid dienone is 2. The number of methoxy groups -OCH3 is 1. The highest BCUT2D eigenvalue weighted by atomic mass is 32.2. The molecule has 6 heteroatoms. The van der Waals surface area contributed by atoms with E-state index in [4.69, 9.17) is 4.74 Å². The molecule has 5 nitrogen and oxygen atoms in total. The third-order valence-electron chi connectivity index (χ3n) is 6.84. The number of sulfonamides is 1. The van der Waals surface area contributed by atoms with Gasteiger partial charge in [-0.15, -0.1) is 0 Å². The van der Waals surface area contributed by atoms with Crippen LogP contribution in [0.5, 0.6) is 5.75 Å². The summed E-state index contributed by atoms with van der Waals surface area (Å²) < 4.78 is 34.6. The van der Waals surface area contributed by atoms with Crippen molar-refractivity contribution in [1.29, 1.82) is 0 Å². The molecule has 0 spiro atoms. The van der Waals surface area contributed by atoms with Crippen LogP contribution >= 0.6 is 0 Å². The first kappa shape index (κ1) is 21.6. The number of benzene rings is 3. The summed E-state index contributed by atoms with van der Waals surface area (Å²) in [5.41, 5.74) is 5.66.